The number of carbonyl (C=O) groups excluding carboxylic acids is 2. The molecule has 0 saturated carbocycles. The second-order valence-electron chi connectivity index (χ2n) is 15.2. The number of carbonyl (C=O) groups is 3. The summed E-state index contributed by atoms with van der Waals surface area (Å²) >= 11 is 0. The first-order valence-corrected chi connectivity index (χ1v) is 23.6. The molecular weight excluding hydrogens is 709 g/mol. The quantitative estimate of drug-likeness (QED) is 0.0305. The molecule has 0 rings (SSSR count). The third-order valence-corrected chi connectivity index (χ3v) is 10.8. The van der Waals surface area contributed by atoms with E-state index in [2.05, 4.69) is 18.4 Å². The van der Waals surface area contributed by atoms with Crippen LogP contribution in [0.25, 0.3) is 0 Å². The Morgan fingerprint density at radius 3 is 1.17 bits per heavy atom. The smallest absolute Gasteiger partial charge is 0.472 e. The number of carboxylic acids is 1. The number of unbranched alkanes of at least 4 members (excludes halogenated alkanes) is 28. The summed E-state index contributed by atoms with van der Waals surface area (Å²) in [4.78, 5) is 45.7. The van der Waals surface area contributed by atoms with Gasteiger partial charge in [0.25, 0.3) is 0 Å². The van der Waals surface area contributed by atoms with Crippen molar-refractivity contribution in [2.75, 3.05) is 19.8 Å². The lowest BCUT2D eigenvalue weighted by molar-refractivity contribution is -0.161. The first kappa shape index (κ1) is 52.5. The van der Waals surface area contributed by atoms with Crippen molar-refractivity contribution in [3.8, 4) is 0 Å². The van der Waals surface area contributed by atoms with Crippen LogP contribution in [0.15, 0.2) is 0 Å². The second kappa shape index (κ2) is 38.4. The van der Waals surface area contributed by atoms with Crippen LogP contribution in [-0.2, 0) is 37.5 Å². The summed E-state index contributed by atoms with van der Waals surface area (Å²) in [5.41, 5.74) is 5.32. The van der Waals surface area contributed by atoms with Gasteiger partial charge in [0.2, 0.25) is 0 Å². The molecule has 0 fully saturated rings. The molecule has 320 valence electrons. The average Bonchev–Trinajstić information content (AvgIpc) is 3.14. The fraction of sp³-hybridized carbons (Fsp3) is 0.929. The maximum Gasteiger partial charge on any atom is 0.472 e. The fourth-order valence-corrected chi connectivity index (χ4v) is 7.14. The van der Waals surface area contributed by atoms with E-state index in [1.807, 2.05) is 0 Å². The summed E-state index contributed by atoms with van der Waals surface area (Å²) in [6, 6.07) is -1.51. The minimum absolute atomic E-state index is 0.169. The molecule has 54 heavy (non-hydrogen) atoms. The van der Waals surface area contributed by atoms with Gasteiger partial charge >= 0.3 is 25.7 Å². The molecule has 3 atom stereocenters. The summed E-state index contributed by atoms with van der Waals surface area (Å²) in [5.74, 6) is -2.37. The number of carboxylic acid groups (broad SMARTS) is 1. The van der Waals surface area contributed by atoms with Gasteiger partial charge in [-0.25, -0.2) is 4.57 Å². The normalized spacial score (nSPS) is 13.7. The predicted octanol–water partition coefficient (Wildman–Crippen LogP) is 11.5. The SMILES string of the molecule is CCCCCCCCCCCCCCCCCCCCCCCCCC(=O)O[C@@H](COC(=O)CCCCCCCCC)COP(=O)(O)OC[C@H](N)C(=O)O. The number of nitrogens with two attached hydrogens (primary N) is 1. The van der Waals surface area contributed by atoms with Crippen LogP contribution in [0.5, 0.6) is 0 Å². The van der Waals surface area contributed by atoms with Crippen molar-refractivity contribution in [3.05, 3.63) is 0 Å². The van der Waals surface area contributed by atoms with E-state index in [9.17, 15) is 23.8 Å². The van der Waals surface area contributed by atoms with Crippen LogP contribution in [0.2, 0.25) is 0 Å². The zero-order chi connectivity index (χ0) is 40.0. The van der Waals surface area contributed by atoms with Gasteiger partial charge in [0.05, 0.1) is 13.2 Å². The number of ether oxygens (including phenoxy) is 2. The first-order chi connectivity index (χ1) is 26.1. The van der Waals surface area contributed by atoms with Crippen molar-refractivity contribution < 1.29 is 47.5 Å². The molecule has 12 heteroatoms. The van der Waals surface area contributed by atoms with Gasteiger partial charge in [-0.15, -0.1) is 0 Å². The molecule has 11 nitrogen and oxygen atoms in total. The third-order valence-electron chi connectivity index (χ3n) is 9.86. The lowest BCUT2D eigenvalue weighted by Crippen LogP contribution is -2.34. The summed E-state index contributed by atoms with van der Waals surface area (Å²) in [6.45, 7) is 2.77. The molecule has 0 aliphatic heterocycles. The number of hydrogen-bond acceptors (Lipinski definition) is 9. The molecule has 0 aromatic heterocycles. The van der Waals surface area contributed by atoms with E-state index in [1.54, 1.807) is 0 Å². The summed E-state index contributed by atoms with van der Waals surface area (Å²) < 4.78 is 32.5. The van der Waals surface area contributed by atoms with Gasteiger partial charge in [0, 0.05) is 12.8 Å². The van der Waals surface area contributed by atoms with Gasteiger partial charge in [0.15, 0.2) is 6.10 Å². The second-order valence-corrected chi connectivity index (χ2v) is 16.7. The number of phosphoric acid groups is 1. The monoisotopic (exact) mass is 792 g/mol. The summed E-state index contributed by atoms with van der Waals surface area (Å²) in [6.07, 6.45) is 36.4. The van der Waals surface area contributed by atoms with Crippen LogP contribution in [0, 0.1) is 0 Å². The van der Waals surface area contributed by atoms with Crippen molar-refractivity contribution >= 4 is 25.7 Å². The van der Waals surface area contributed by atoms with Gasteiger partial charge in [-0.2, -0.15) is 0 Å². The average molecular weight is 792 g/mol. The Morgan fingerprint density at radius 1 is 0.500 bits per heavy atom. The van der Waals surface area contributed by atoms with E-state index in [0.29, 0.717) is 12.8 Å². The van der Waals surface area contributed by atoms with Crippen LogP contribution >= 0.6 is 7.82 Å². The lowest BCUT2D eigenvalue weighted by atomic mass is 10.0. The molecule has 0 aliphatic carbocycles. The molecule has 0 spiro atoms. The molecule has 0 amide bonds. The summed E-state index contributed by atoms with van der Waals surface area (Å²) in [7, 11) is -4.70. The minimum atomic E-state index is -4.70. The summed E-state index contributed by atoms with van der Waals surface area (Å²) in [5, 5.41) is 8.86. The van der Waals surface area contributed by atoms with Crippen molar-refractivity contribution in [2.45, 2.75) is 231 Å². The van der Waals surface area contributed by atoms with Gasteiger partial charge in [0.1, 0.15) is 12.6 Å². The Morgan fingerprint density at radius 2 is 0.815 bits per heavy atom. The number of aliphatic carboxylic acids is 1. The Labute approximate surface area is 329 Å². The predicted molar refractivity (Wildman–Crippen MR) is 217 cm³/mol. The van der Waals surface area contributed by atoms with Crippen molar-refractivity contribution in [1.82, 2.24) is 0 Å². The molecule has 0 aromatic carbocycles. The highest BCUT2D eigenvalue weighted by Gasteiger charge is 2.28. The lowest BCUT2D eigenvalue weighted by Gasteiger charge is -2.20. The Balaban J connectivity index is 4.10. The number of esters is 2. The van der Waals surface area contributed by atoms with E-state index in [4.69, 9.17) is 24.8 Å². The first-order valence-electron chi connectivity index (χ1n) is 22.1. The van der Waals surface area contributed by atoms with Crippen molar-refractivity contribution in [3.63, 3.8) is 0 Å². The maximum absolute atomic E-state index is 12.6. The highest BCUT2D eigenvalue weighted by molar-refractivity contribution is 7.47. The molecule has 0 aromatic rings. The van der Waals surface area contributed by atoms with E-state index < -0.39 is 51.1 Å². The van der Waals surface area contributed by atoms with Gasteiger partial charge < -0.3 is 25.2 Å². The van der Waals surface area contributed by atoms with E-state index >= 15 is 0 Å². The number of hydrogen-bond donors (Lipinski definition) is 3. The molecule has 4 N–H and O–H groups in total. The maximum atomic E-state index is 12.6. The molecule has 0 saturated heterocycles. The Kier molecular flexibility index (Phi) is 37.3. The van der Waals surface area contributed by atoms with Gasteiger partial charge in [-0.3, -0.25) is 23.4 Å². The topological polar surface area (TPSA) is 172 Å². The van der Waals surface area contributed by atoms with Crippen LogP contribution in [-0.4, -0.2) is 59.9 Å². The highest BCUT2D eigenvalue weighted by atomic mass is 31.2. The number of phosphoric ester groups is 1. The van der Waals surface area contributed by atoms with Crippen LogP contribution in [0.3, 0.4) is 0 Å². The zero-order valence-electron chi connectivity index (χ0n) is 34.6. The minimum Gasteiger partial charge on any atom is -0.480 e. The van der Waals surface area contributed by atoms with Crippen LogP contribution < -0.4 is 5.73 Å². The largest absolute Gasteiger partial charge is 0.480 e. The van der Waals surface area contributed by atoms with E-state index in [-0.39, 0.29) is 19.4 Å². The van der Waals surface area contributed by atoms with E-state index in [0.717, 1.165) is 38.5 Å². The molecule has 0 heterocycles. The van der Waals surface area contributed by atoms with Gasteiger partial charge in [-0.05, 0) is 12.8 Å². The van der Waals surface area contributed by atoms with Crippen LogP contribution in [0.4, 0.5) is 0 Å². The molecule has 0 aliphatic rings. The standard InChI is InChI=1S/C42H82NO10P/c1-3-5-7-9-11-12-13-14-15-16-17-18-19-20-21-22-23-24-25-26-28-30-32-34-41(45)53-38(36-51-54(48,49)52-37-39(43)42(46)47)35-50-40(44)33-31-29-27-10-8-6-4-2/h38-39H,3-37,43H2,1-2H3,(H,46,47)(H,48,49)/t38-,39-/m0/s1. The van der Waals surface area contributed by atoms with E-state index in [1.165, 1.54) is 141 Å². The number of rotatable bonds is 42. The molecule has 0 bridgehead atoms. The molecule has 1 unspecified atom stereocenters. The van der Waals surface area contributed by atoms with Crippen LogP contribution in [0.1, 0.15) is 219 Å². The molecular formula is C42H82NO10P. The third kappa shape index (κ3) is 37.4. The Hall–Kier alpha value is -1.52. The Bertz CT molecular complexity index is 937. The van der Waals surface area contributed by atoms with Gasteiger partial charge in [-0.1, -0.05) is 194 Å². The fourth-order valence-electron chi connectivity index (χ4n) is 6.36. The highest BCUT2D eigenvalue weighted by Crippen LogP contribution is 2.43. The molecule has 0 radical (unpaired) electrons. The zero-order valence-corrected chi connectivity index (χ0v) is 35.5. The van der Waals surface area contributed by atoms with Crippen molar-refractivity contribution in [1.29, 1.82) is 0 Å². The van der Waals surface area contributed by atoms with Crippen molar-refractivity contribution in [2.24, 2.45) is 5.73 Å².